The number of carbonyl (C=O) groups excluding carboxylic acids is 1. The van der Waals surface area contributed by atoms with Gasteiger partial charge in [0.05, 0.1) is 10.8 Å². The zero-order valence-electron chi connectivity index (χ0n) is 13.2. The van der Waals surface area contributed by atoms with Gasteiger partial charge >= 0.3 is 5.97 Å². The van der Waals surface area contributed by atoms with Crippen molar-refractivity contribution < 1.29 is 17.9 Å². The summed E-state index contributed by atoms with van der Waals surface area (Å²) in [5.41, 5.74) is 1.74. The van der Waals surface area contributed by atoms with Crippen LogP contribution in [0.5, 0.6) is 0 Å². The number of esters is 1. The number of benzene rings is 2. The van der Waals surface area contributed by atoms with E-state index < -0.39 is 9.84 Å². The maximum absolute atomic E-state index is 12.1. The van der Waals surface area contributed by atoms with Gasteiger partial charge in [0, 0.05) is 6.26 Å². The van der Waals surface area contributed by atoms with Crippen LogP contribution in [0.3, 0.4) is 0 Å². The summed E-state index contributed by atoms with van der Waals surface area (Å²) in [7, 11) is -3.24. The topological polar surface area (TPSA) is 60.4 Å². The molecule has 0 saturated carbocycles. The molecule has 0 aliphatic heterocycles. The number of rotatable bonds is 6. The number of hydrogen-bond acceptors (Lipinski definition) is 4. The molecular formula is C18H20O4S. The molecule has 0 radical (unpaired) electrons. The third-order valence-corrected chi connectivity index (χ3v) is 4.61. The highest BCUT2D eigenvalue weighted by Gasteiger charge is 2.16. The third kappa shape index (κ3) is 5.21. The number of carbonyl (C=O) groups is 1. The van der Waals surface area contributed by atoms with Crippen molar-refractivity contribution >= 4 is 15.8 Å². The van der Waals surface area contributed by atoms with E-state index in [9.17, 15) is 13.2 Å². The Hall–Kier alpha value is -2.14. The molecule has 1 atom stereocenters. The first-order valence-electron chi connectivity index (χ1n) is 7.36. The van der Waals surface area contributed by atoms with Crippen LogP contribution in [0.1, 0.15) is 18.1 Å². The van der Waals surface area contributed by atoms with Gasteiger partial charge in [-0.25, -0.2) is 8.42 Å². The molecular weight excluding hydrogens is 312 g/mol. The summed E-state index contributed by atoms with van der Waals surface area (Å²) in [6, 6.07) is 16.1. The molecule has 0 unspecified atom stereocenters. The van der Waals surface area contributed by atoms with Gasteiger partial charge in [-0.05, 0) is 29.7 Å². The minimum absolute atomic E-state index is 0.243. The molecule has 4 nitrogen and oxygen atoms in total. The predicted octanol–water partition coefficient (Wildman–Crippen LogP) is 3.01. The quantitative estimate of drug-likeness (QED) is 0.763. The van der Waals surface area contributed by atoms with Crippen molar-refractivity contribution in [2.45, 2.75) is 24.8 Å². The lowest BCUT2D eigenvalue weighted by Crippen LogP contribution is -2.17. The molecule has 0 N–H and O–H groups in total. The first-order valence-corrected chi connectivity index (χ1v) is 9.25. The second kappa shape index (κ2) is 7.42. The fourth-order valence-electron chi connectivity index (χ4n) is 2.21. The predicted molar refractivity (Wildman–Crippen MR) is 88.7 cm³/mol. The van der Waals surface area contributed by atoms with Gasteiger partial charge in [-0.2, -0.15) is 0 Å². The van der Waals surface area contributed by atoms with Crippen LogP contribution >= 0.6 is 0 Å². The Labute approximate surface area is 137 Å². The van der Waals surface area contributed by atoms with Crippen molar-refractivity contribution in [2.24, 2.45) is 5.92 Å². The molecule has 2 aromatic rings. The molecule has 0 aromatic heterocycles. The maximum atomic E-state index is 12.1. The molecule has 2 aromatic carbocycles. The van der Waals surface area contributed by atoms with Gasteiger partial charge in [0.15, 0.2) is 9.84 Å². The monoisotopic (exact) mass is 332 g/mol. The van der Waals surface area contributed by atoms with Crippen LogP contribution < -0.4 is 0 Å². The van der Waals surface area contributed by atoms with Gasteiger partial charge in [-0.1, -0.05) is 49.4 Å². The summed E-state index contributed by atoms with van der Waals surface area (Å²) in [4.78, 5) is 12.3. The second-order valence-electron chi connectivity index (χ2n) is 5.62. The van der Waals surface area contributed by atoms with Crippen molar-refractivity contribution in [3.8, 4) is 0 Å². The zero-order chi connectivity index (χ0) is 16.9. The van der Waals surface area contributed by atoms with Crippen LogP contribution in [0, 0.1) is 5.92 Å². The van der Waals surface area contributed by atoms with Crippen LogP contribution in [-0.4, -0.2) is 20.6 Å². The van der Waals surface area contributed by atoms with Gasteiger partial charge in [-0.15, -0.1) is 0 Å². The fraction of sp³-hybridized carbons (Fsp3) is 0.278. The van der Waals surface area contributed by atoms with Gasteiger partial charge in [0.25, 0.3) is 0 Å². The van der Waals surface area contributed by atoms with Gasteiger partial charge in [0.2, 0.25) is 0 Å². The lowest BCUT2D eigenvalue weighted by molar-refractivity contribution is -0.149. The molecule has 23 heavy (non-hydrogen) atoms. The number of hydrogen-bond donors (Lipinski definition) is 0. The summed E-state index contributed by atoms with van der Waals surface area (Å²) in [5, 5.41) is 0. The van der Waals surface area contributed by atoms with E-state index in [2.05, 4.69) is 0 Å². The smallest absolute Gasteiger partial charge is 0.309 e. The first kappa shape index (κ1) is 17.2. The van der Waals surface area contributed by atoms with Crippen LogP contribution in [0.25, 0.3) is 0 Å². The third-order valence-electron chi connectivity index (χ3n) is 3.49. The van der Waals surface area contributed by atoms with Crippen molar-refractivity contribution in [3.63, 3.8) is 0 Å². The number of sulfone groups is 1. The van der Waals surface area contributed by atoms with E-state index in [-0.39, 0.29) is 23.4 Å². The summed E-state index contributed by atoms with van der Waals surface area (Å²) in [6.07, 6.45) is 1.61. The molecule has 0 amide bonds. The van der Waals surface area contributed by atoms with Gasteiger partial charge in [0.1, 0.15) is 6.61 Å². The van der Waals surface area contributed by atoms with E-state index in [1.807, 2.05) is 36.4 Å². The lowest BCUT2D eigenvalue weighted by atomic mass is 10.0. The molecule has 0 aliphatic carbocycles. The highest BCUT2D eigenvalue weighted by atomic mass is 32.2. The summed E-state index contributed by atoms with van der Waals surface area (Å²) >= 11 is 0. The van der Waals surface area contributed by atoms with Crippen molar-refractivity contribution in [1.29, 1.82) is 0 Å². The normalized spacial score (nSPS) is 12.6. The Bertz CT molecular complexity index is 767. The highest BCUT2D eigenvalue weighted by Crippen LogP contribution is 2.16. The molecule has 2 rings (SSSR count). The molecule has 0 aliphatic rings. The average Bonchev–Trinajstić information content (AvgIpc) is 2.53. The molecule has 0 saturated heterocycles. The minimum atomic E-state index is -3.24. The van der Waals surface area contributed by atoms with Crippen molar-refractivity contribution in [1.82, 2.24) is 0 Å². The molecule has 5 heteroatoms. The molecule has 122 valence electrons. The largest absolute Gasteiger partial charge is 0.461 e. The van der Waals surface area contributed by atoms with E-state index in [1.165, 1.54) is 6.26 Å². The summed E-state index contributed by atoms with van der Waals surface area (Å²) in [5.74, 6) is -0.632. The average molecular weight is 332 g/mol. The van der Waals surface area contributed by atoms with Gasteiger partial charge < -0.3 is 4.74 Å². The van der Waals surface area contributed by atoms with Crippen molar-refractivity contribution in [2.75, 3.05) is 6.26 Å². The Balaban J connectivity index is 1.96. The van der Waals surface area contributed by atoms with E-state index in [0.717, 1.165) is 11.1 Å². The fourth-order valence-corrected chi connectivity index (χ4v) is 2.90. The standard InChI is InChI=1S/C18H20O4S/c1-14(18(19)22-13-15-7-4-3-5-8-15)11-16-9-6-10-17(12-16)23(2,20)21/h3-10,12,14H,11,13H2,1-2H3/t14-/m0/s1. The van der Waals surface area contributed by atoms with Crippen LogP contribution in [0.4, 0.5) is 0 Å². The first-order chi connectivity index (χ1) is 10.9. The molecule has 0 spiro atoms. The molecule has 0 fully saturated rings. The summed E-state index contributed by atoms with van der Waals surface area (Å²) in [6.45, 7) is 2.02. The second-order valence-corrected chi connectivity index (χ2v) is 7.63. The zero-order valence-corrected chi connectivity index (χ0v) is 14.0. The molecule has 0 heterocycles. The Kier molecular flexibility index (Phi) is 5.55. The Morgan fingerprint density at radius 3 is 2.35 bits per heavy atom. The highest BCUT2D eigenvalue weighted by molar-refractivity contribution is 7.90. The van der Waals surface area contributed by atoms with Crippen molar-refractivity contribution in [3.05, 3.63) is 65.7 Å². The Morgan fingerprint density at radius 1 is 1.04 bits per heavy atom. The van der Waals surface area contributed by atoms with Crippen LogP contribution in [0.2, 0.25) is 0 Å². The lowest BCUT2D eigenvalue weighted by Gasteiger charge is -2.12. The molecule has 0 bridgehead atoms. The van der Waals surface area contributed by atoms with Crippen LogP contribution in [-0.2, 0) is 32.4 Å². The van der Waals surface area contributed by atoms with Gasteiger partial charge in [-0.3, -0.25) is 4.79 Å². The SMILES string of the molecule is C[C@@H](Cc1cccc(S(C)(=O)=O)c1)C(=O)OCc1ccccc1. The van der Waals surface area contributed by atoms with E-state index >= 15 is 0 Å². The van der Waals surface area contributed by atoms with E-state index in [0.29, 0.717) is 6.42 Å². The number of ether oxygens (including phenoxy) is 1. The summed E-state index contributed by atoms with van der Waals surface area (Å²) < 4.78 is 28.4. The Morgan fingerprint density at radius 2 is 1.70 bits per heavy atom. The maximum Gasteiger partial charge on any atom is 0.309 e. The van der Waals surface area contributed by atoms with E-state index in [1.54, 1.807) is 25.1 Å². The van der Waals surface area contributed by atoms with Crippen LogP contribution in [0.15, 0.2) is 59.5 Å². The minimum Gasteiger partial charge on any atom is -0.461 e. The van der Waals surface area contributed by atoms with E-state index in [4.69, 9.17) is 4.74 Å².